The van der Waals surface area contributed by atoms with Crippen molar-refractivity contribution in [3.8, 4) is 16.9 Å². The van der Waals surface area contributed by atoms with E-state index in [1.165, 1.54) is 16.7 Å². The monoisotopic (exact) mass is 182 g/mol. The highest BCUT2D eigenvalue weighted by Gasteiger charge is 2.18. The molecule has 1 aliphatic heterocycles. The maximum atomic E-state index is 5.34. The Labute approximate surface area is 83.0 Å². The van der Waals surface area contributed by atoms with Crippen molar-refractivity contribution < 1.29 is 4.74 Å². The first-order valence-electron chi connectivity index (χ1n) is 4.75. The van der Waals surface area contributed by atoms with Gasteiger partial charge in [0.05, 0.1) is 0 Å². The molecule has 0 fully saturated rings. The third-order valence-corrected chi connectivity index (χ3v) is 2.59. The Morgan fingerprint density at radius 2 is 1.71 bits per heavy atom. The SMILES string of the molecule is c1ccc(-c2cccc3c2CO3)cc1. The largest absolute Gasteiger partial charge is 0.488 e. The fourth-order valence-electron chi connectivity index (χ4n) is 1.81. The smallest absolute Gasteiger partial charge is 0.127 e. The Bertz CT molecular complexity index is 460. The molecule has 2 aromatic rings. The third-order valence-electron chi connectivity index (χ3n) is 2.59. The van der Waals surface area contributed by atoms with Gasteiger partial charge in [-0.15, -0.1) is 0 Å². The van der Waals surface area contributed by atoms with Crippen molar-refractivity contribution in [2.24, 2.45) is 0 Å². The summed E-state index contributed by atoms with van der Waals surface area (Å²) in [5.41, 5.74) is 3.90. The number of fused-ring (bicyclic) bond motifs is 1. The maximum Gasteiger partial charge on any atom is 0.127 e. The lowest BCUT2D eigenvalue weighted by atomic mass is 9.97. The predicted molar refractivity (Wildman–Crippen MR) is 56.2 cm³/mol. The van der Waals surface area contributed by atoms with Crippen LogP contribution in [0.25, 0.3) is 11.1 Å². The molecule has 0 atom stereocenters. The van der Waals surface area contributed by atoms with Gasteiger partial charge in [0, 0.05) is 5.56 Å². The molecule has 0 aliphatic carbocycles. The molecular weight excluding hydrogens is 172 g/mol. The van der Waals surface area contributed by atoms with E-state index in [4.69, 9.17) is 4.74 Å². The van der Waals surface area contributed by atoms with Crippen LogP contribution in [0.5, 0.6) is 5.75 Å². The normalized spacial score (nSPS) is 12.6. The van der Waals surface area contributed by atoms with Crippen molar-refractivity contribution in [1.82, 2.24) is 0 Å². The number of rotatable bonds is 1. The van der Waals surface area contributed by atoms with Crippen LogP contribution in [0.15, 0.2) is 48.5 Å². The average Bonchev–Trinajstić information content (AvgIpc) is 2.21. The van der Waals surface area contributed by atoms with Gasteiger partial charge in [0.2, 0.25) is 0 Å². The molecule has 1 heterocycles. The van der Waals surface area contributed by atoms with E-state index in [0.29, 0.717) is 0 Å². The molecule has 3 rings (SSSR count). The first-order valence-corrected chi connectivity index (χ1v) is 4.75. The van der Waals surface area contributed by atoms with Crippen LogP contribution in [-0.2, 0) is 6.61 Å². The van der Waals surface area contributed by atoms with Crippen LogP contribution in [0.3, 0.4) is 0 Å². The number of hydrogen-bond donors (Lipinski definition) is 0. The second-order valence-electron chi connectivity index (χ2n) is 3.44. The molecule has 0 aromatic heterocycles. The van der Waals surface area contributed by atoms with Gasteiger partial charge >= 0.3 is 0 Å². The molecule has 68 valence electrons. The Morgan fingerprint density at radius 3 is 2.43 bits per heavy atom. The van der Waals surface area contributed by atoms with Crippen molar-refractivity contribution in [3.05, 3.63) is 54.1 Å². The van der Waals surface area contributed by atoms with E-state index in [2.05, 4.69) is 30.3 Å². The van der Waals surface area contributed by atoms with Gasteiger partial charge in [0.15, 0.2) is 0 Å². The summed E-state index contributed by atoms with van der Waals surface area (Å²) in [6.07, 6.45) is 0. The summed E-state index contributed by atoms with van der Waals surface area (Å²) in [4.78, 5) is 0. The zero-order chi connectivity index (χ0) is 9.38. The molecule has 1 nitrogen and oxygen atoms in total. The van der Waals surface area contributed by atoms with Crippen LogP contribution in [0.2, 0.25) is 0 Å². The summed E-state index contributed by atoms with van der Waals surface area (Å²) in [5, 5.41) is 0. The molecule has 0 saturated heterocycles. The first-order chi connectivity index (χ1) is 6.95. The summed E-state index contributed by atoms with van der Waals surface area (Å²) < 4.78 is 5.34. The van der Waals surface area contributed by atoms with Crippen molar-refractivity contribution in [1.29, 1.82) is 0 Å². The van der Waals surface area contributed by atoms with Crippen molar-refractivity contribution in [2.45, 2.75) is 6.61 Å². The van der Waals surface area contributed by atoms with Gasteiger partial charge in [0.25, 0.3) is 0 Å². The van der Waals surface area contributed by atoms with E-state index >= 15 is 0 Å². The zero-order valence-corrected chi connectivity index (χ0v) is 7.73. The summed E-state index contributed by atoms with van der Waals surface area (Å²) in [6.45, 7) is 0.750. The Hall–Kier alpha value is -1.76. The average molecular weight is 182 g/mol. The first kappa shape index (κ1) is 7.63. The van der Waals surface area contributed by atoms with E-state index in [1.807, 2.05) is 18.2 Å². The van der Waals surface area contributed by atoms with E-state index < -0.39 is 0 Å². The number of ether oxygens (including phenoxy) is 1. The minimum atomic E-state index is 0.750. The molecule has 0 N–H and O–H groups in total. The van der Waals surface area contributed by atoms with Gasteiger partial charge in [-0.2, -0.15) is 0 Å². The topological polar surface area (TPSA) is 9.23 Å². The van der Waals surface area contributed by atoms with Crippen LogP contribution in [0.1, 0.15) is 5.56 Å². The summed E-state index contributed by atoms with van der Waals surface area (Å²) >= 11 is 0. The van der Waals surface area contributed by atoms with Gasteiger partial charge < -0.3 is 4.74 Å². The summed E-state index contributed by atoms with van der Waals surface area (Å²) in [5.74, 6) is 1.03. The zero-order valence-electron chi connectivity index (χ0n) is 7.73. The highest BCUT2D eigenvalue weighted by Crippen LogP contribution is 2.37. The molecule has 1 aliphatic rings. The Kier molecular flexibility index (Phi) is 1.57. The predicted octanol–water partition coefficient (Wildman–Crippen LogP) is 3.25. The minimum absolute atomic E-state index is 0.750. The van der Waals surface area contributed by atoms with Crippen LogP contribution in [0.4, 0.5) is 0 Å². The highest BCUT2D eigenvalue weighted by atomic mass is 16.5. The summed E-state index contributed by atoms with van der Waals surface area (Å²) in [6, 6.07) is 16.6. The van der Waals surface area contributed by atoms with Crippen LogP contribution < -0.4 is 4.74 Å². The van der Waals surface area contributed by atoms with Crippen molar-refractivity contribution >= 4 is 0 Å². The van der Waals surface area contributed by atoms with E-state index in [-0.39, 0.29) is 0 Å². The van der Waals surface area contributed by atoms with Gasteiger partial charge in [-0.25, -0.2) is 0 Å². The molecule has 0 amide bonds. The summed E-state index contributed by atoms with van der Waals surface area (Å²) in [7, 11) is 0. The fraction of sp³-hybridized carbons (Fsp3) is 0.0769. The lowest BCUT2D eigenvalue weighted by molar-refractivity contribution is 0.244. The van der Waals surface area contributed by atoms with Crippen molar-refractivity contribution in [2.75, 3.05) is 0 Å². The van der Waals surface area contributed by atoms with Gasteiger partial charge in [-0.05, 0) is 17.2 Å². The number of hydrogen-bond acceptors (Lipinski definition) is 1. The van der Waals surface area contributed by atoms with E-state index in [1.54, 1.807) is 0 Å². The molecule has 1 heteroatoms. The molecule has 14 heavy (non-hydrogen) atoms. The molecular formula is C13H10O. The molecule has 0 saturated carbocycles. The van der Waals surface area contributed by atoms with Gasteiger partial charge in [0.1, 0.15) is 12.4 Å². The molecule has 0 radical (unpaired) electrons. The molecule has 0 spiro atoms. The van der Waals surface area contributed by atoms with Gasteiger partial charge in [-0.3, -0.25) is 0 Å². The second kappa shape index (κ2) is 2.88. The van der Waals surface area contributed by atoms with E-state index in [9.17, 15) is 0 Å². The second-order valence-corrected chi connectivity index (χ2v) is 3.44. The lowest BCUT2D eigenvalue weighted by Gasteiger charge is -2.23. The van der Waals surface area contributed by atoms with E-state index in [0.717, 1.165) is 12.4 Å². The van der Waals surface area contributed by atoms with Crippen molar-refractivity contribution in [3.63, 3.8) is 0 Å². The highest BCUT2D eigenvalue weighted by molar-refractivity contribution is 5.71. The third kappa shape index (κ3) is 1.02. The number of benzene rings is 2. The maximum absolute atomic E-state index is 5.34. The Morgan fingerprint density at radius 1 is 0.857 bits per heavy atom. The quantitative estimate of drug-likeness (QED) is 0.657. The van der Waals surface area contributed by atoms with Crippen LogP contribution >= 0.6 is 0 Å². The molecule has 0 unspecified atom stereocenters. The Balaban J connectivity index is 2.18. The standard InChI is InChI=1S/C13H10O/c1-2-5-10(6-3-1)11-7-4-8-13-12(11)9-14-13/h1-8H,9H2. The van der Waals surface area contributed by atoms with Crippen LogP contribution in [0, 0.1) is 0 Å². The molecule has 0 bridgehead atoms. The fourth-order valence-corrected chi connectivity index (χ4v) is 1.81. The minimum Gasteiger partial charge on any atom is -0.488 e. The lowest BCUT2D eigenvalue weighted by Crippen LogP contribution is -2.10. The molecule has 2 aromatic carbocycles. The van der Waals surface area contributed by atoms with Crippen LogP contribution in [-0.4, -0.2) is 0 Å². The van der Waals surface area contributed by atoms with Gasteiger partial charge in [-0.1, -0.05) is 42.5 Å².